The molecule has 0 atom stereocenters. The number of Topliss-reactive ketones (excluding diaryl/α,β-unsaturated/α-hetero) is 1. The Kier molecular flexibility index (Phi) is 4.55. The number of nitro groups is 1. The van der Waals surface area contributed by atoms with Crippen LogP contribution in [0.3, 0.4) is 0 Å². The van der Waals surface area contributed by atoms with E-state index in [0.717, 1.165) is 5.56 Å². The third-order valence-corrected chi connectivity index (χ3v) is 4.26. The molecule has 0 aliphatic heterocycles. The average Bonchev–Trinajstić information content (AvgIpc) is 3.16. The molecule has 0 saturated carbocycles. The minimum Gasteiger partial charge on any atom is -0.485 e. The van der Waals surface area contributed by atoms with Gasteiger partial charge >= 0.3 is 0 Å². The number of rotatable bonds is 6. The Bertz CT molecular complexity index is 1150. The van der Waals surface area contributed by atoms with E-state index in [2.05, 4.69) is 4.98 Å². The number of benzene rings is 2. The second kappa shape index (κ2) is 7.32. The predicted octanol–water partition coefficient (Wildman–Crippen LogP) is 4.17. The number of ketones is 1. The monoisotopic (exact) mass is 373 g/mol. The van der Waals surface area contributed by atoms with Gasteiger partial charge in [0.1, 0.15) is 11.4 Å². The molecule has 2 heterocycles. The van der Waals surface area contributed by atoms with Crippen molar-refractivity contribution in [3.8, 4) is 17.0 Å². The highest BCUT2D eigenvalue weighted by Crippen LogP contribution is 2.23. The van der Waals surface area contributed by atoms with Gasteiger partial charge in [0.15, 0.2) is 12.4 Å². The molecule has 7 nitrogen and oxygen atoms in total. The fourth-order valence-corrected chi connectivity index (χ4v) is 2.81. The van der Waals surface area contributed by atoms with Gasteiger partial charge in [-0.2, -0.15) is 0 Å². The third kappa shape index (κ3) is 3.59. The topological polar surface area (TPSA) is 86.7 Å². The summed E-state index contributed by atoms with van der Waals surface area (Å²) in [6, 6.07) is 19.2. The summed E-state index contributed by atoms with van der Waals surface area (Å²) in [6.07, 6.45) is 3.16. The highest BCUT2D eigenvalue weighted by molar-refractivity contribution is 5.97. The Morgan fingerprint density at radius 1 is 1.00 bits per heavy atom. The van der Waals surface area contributed by atoms with Gasteiger partial charge in [0, 0.05) is 23.4 Å². The van der Waals surface area contributed by atoms with E-state index in [0.29, 0.717) is 22.7 Å². The van der Waals surface area contributed by atoms with Crippen LogP contribution in [0.4, 0.5) is 5.69 Å². The zero-order valence-electron chi connectivity index (χ0n) is 14.7. The van der Waals surface area contributed by atoms with Gasteiger partial charge in [0.05, 0.1) is 16.8 Å². The molecule has 0 bridgehead atoms. The summed E-state index contributed by atoms with van der Waals surface area (Å²) in [6.45, 7) is -0.0403. The standard InChI is InChI=1S/C21H15N3O4/c25-20(16-4-2-1-3-5-16)14-28-18-9-6-15(7-10-18)19-13-23-12-17(24(26)27)8-11-21(23)22-19/h1-13H,14H2. The van der Waals surface area contributed by atoms with Crippen molar-refractivity contribution in [2.75, 3.05) is 6.61 Å². The normalized spacial score (nSPS) is 10.7. The molecule has 0 spiro atoms. The van der Waals surface area contributed by atoms with Crippen molar-refractivity contribution >= 4 is 17.1 Å². The van der Waals surface area contributed by atoms with Crippen molar-refractivity contribution in [2.24, 2.45) is 0 Å². The van der Waals surface area contributed by atoms with Crippen LogP contribution in [0, 0.1) is 10.1 Å². The fraction of sp³-hybridized carbons (Fsp3) is 0.0476. The van der Waals surface area contributed by atoms with Crippen LogP contribution < -0.4 is 4.74 Å². The highest BCUT2D eigenvalue weighted by atomic mass is 16.6. The summed E-state index contributed by atoms with van der Waals surface area (Å²) in [5.41, 5.74) is 2.76. The number of imidazole rings is 1. The number of ether oxygens (including phenoxy) is 1. The van der Waals surface area contributed by atoms with Crippen LogP contribution in [0.15, 0.2) is 79.1 Å². The summed E-state index contributed by atoms with van der Waals surface area (Å²) in [7, 11) is 0. The lowest BCUT2D eigenvalue weighted by Gasteiger charge is -2.06. The van der Waals surface area contributed by atoms with Crippen molar-refractivity contribution in [2.45, 2.75) is 0 Å². The Labute approximate surface area is 160 Å². The smallest absolute Gasteiger partial charge is 0.286 e. The largest absolute Gasteiger partial charge is 0.485 e. The van der Waals surface area contributed by atoms with E-state index in [9.17, 15) is 14.9 Å². The number of nitrogens with zero attached hydrogens (tertiary/aromatic N) is 3. The first-order valence-corrected chi connectivity index (χ1v) is 8.55. The van der Waals surface area contributed by atoms with Crippen molar-refractivity contribution < 1.29 is 14.5 Å². The highest BCUT2D eigenvalue weighted by Gasteiger charge is 2.10. The van der Waals surface area contributed by atoms with Crippen molar-refractivity contribution in [3.05, 3.63) is 94.8 Å². The molecular formula is C21H15N3O4. The van der Waals surface area contributed by atoms with E-state index in [1.165, 1.54) is 12.3 Å². The summed E-state index contributed by atoms with van der Waals surface area (Å²) in [5, 5.41) is 10.9. The zero-order chi connectivity index (χ0) is 19.5. The van der Waals surface area contributed by atoms with Gasteiger partial charge in [-0.3, -0.25) is 19.3 Å². The first-order valence-electron chi connectivity index (χ1n) is 8.55. The zero-order valence-corrected chi connectivity index (χ0v) is 14.7. The van der Waals surface area contributed by atoms with Gasteiger partial charge < -0.3 is 4.74 Å². The van der Waals surface area contributed by atoms with Crippen LogP contribution in [0.1, 0.15) is 10.4 Å². The van der Waals surface area contributed by atoms with Gasteiger partial charge in [0.2, 0.25) is 0 Å². The first-order chi connectivity index (χ1) is 13.6. The van der Waals surface area contributed by atoms with E-state index in [-0.39, 0.29) is 18.1 Å². The fourth-order valence-electron chi connectivity index (χ4n) is 2.81. The molecule has 0 N–H and O–H groups in total. The molecule has 4 aromatic rings. The third-order valence-electron chi connectivity index (χ3n) is 4.26. The number of carbonyl (C=O) groups is 1. The molecule has 0 aliphatic carbocycles. The summed E-state index contributed by atoms with van der Waals surface area (Å²) in [4.78, 5) is 27.0. The van der Waals surface area contributed by atoms with E-state index in [1.807, 2.05) is 30.3 Å². The van der Waals surface area contributed by atoms with Gasteiger partial charge in [-0.25, -0.2) is 4.98 Å². The van der Waals surface area contributed by atoms with E-state index >= 15 is 0 Å². The molecule has 2 aromatic carbocycles. The minimum atomic E-state index is -0.442. The van der Waals surface area contributed by atoms with Gasteiger partial charge in [-0.05, 0) is 30.3 Å². The lowest BCUT2D eigenvalue weighted by molar-refractivity contribution is -0.385. The quantitative estimate of drug-likeness (QED) is 0.288. The number of hydrogen-bond acceptors (Lipinski definition) is 5. The Morgan fingerprint density at radius 3 is 2.46 bits per heavy atom. The number of fused-ring (bicyclic) bond motifs is 1. The SMILES string of the molecule is O=C(COc1ccc(-c2cn3cc([N+](=O)[O-])ccc3n2)cc1)c1ccccc1. The molecule has 28 heavy (non-hydrogen) atoms. The van der Waals surface area contributed by atoms with Crippen LogP contribution in [0.5, 0.6) is 5.75 Å². The Balaban J connectivity index is 1.48. The molecule has 7 heteroatoms. The summed E-state index contributed by atoms with van der Waals surface area (Å²) < 4.78 is 7.19. The molecular weight excluding hydrogens is 358 g/mol. The van der Waals surface area contributed by atoms with Gasteiger partial charge in [-0.1, -0.05) is 30.3 Å². The molecule has 138 valence electrons. The first kappa shape index (κ1) is 17.4. The van der Waals surface area contributed by atoms with Crippen LogP contribution >= 0.6 is 0 Å². The van der Waals surface area contributed by atoms with Crippen LogP contribution in [0.2, 0.25) is 0 Å². The number of carbonyl (C=O) groups excluding carboxylic acids is 1. The molecule has 0 radical (unpaired) electrons. The minimum absolute atomic E-state index is 0.00304. The predicted molar refractivity (Wildman–Crippen MR) is 104 cm³/mol. The van der Waals surface area contributed by atoms with Crippen molar-refractivity contribution in [1.82, 2.24) is 9.38 Å². The van der Waals surface area contributed by atoms with Gasteiger partial charge in [-0.15, -0.1) is 0 Å². The lowest BCUT2D eigenvalue weighted by Crippen LogP contribution is -2.11. The molecule has 2 aromatic heterocycles. The number of hydrogen-bond donors (Lipinski definition) is 0. The second-order valence-corrected chi connectivity index (χ2v) is 6.14. The summed E-state index contributed by atoms with van der Waals surface area (Å²) in [5.74, 6) is 0.485. The van der Waals surface area contributed by atoms with Crippen LogP contribution in [-0.4, -0.2) is 26.7 Å². The molecule has 4 rings (SSSR count). The van der Waals surface area contributed by atoms with Gasteiger partial charge in [0.25, 0.3) is 5.69 Å². The maximum Gasteiger partial charge on any atom is 0.286 e. The summed E-state index contributed by atoms with van der Waals surface area (Å²) >= 11 is 0. The number of aromatic nitrogens is 2. The molecule has 0 amide bonds. The maximum absolute atomic E-state index is 12.1. The molecule has 0 saturated heterocycles. The van der Waals surface area contributed by atoms with Crippen LogP contribution in [0.25, 0.3) is 16.9 Å². The van der Waals surface area contributed by atoms with Crippen molar-refractivity contribution in [1.29, 1.82) is 0 Å². The van der Waals surface area contributed by atoms with Crippen molar-refractivity contribution in [3.63, 3.8) is 0 Å². The van der Waals surface area contributed by atoms with E-state index < -0.39 is 4.92 Å². The Morgan fingerprint density at radius 2 is 1.75 bits per heavy atom. The lowest BCUT2D eigenvalue weighted by atomic mass is 10.1. The van der Waals surface area contributed by atoms with E-state index in [1.54, 1.807) is 40.9 Å². The second-order valence-electron chi connectivity index (χ2n) is 6.14. The molecule has 0 aliphatic rings. The maximum atomic E-state index is 12.1. The Hall–Kier alpha value is -4.00. The van der Waals surface area contributed by atoms with E-state index in [4.69, 9.17) is 4.74 Å². The molecule has 0 unspecified atom stereocenters. The average molecular weight is 373 g/mol. The van der Waals surface area contributed by atoms with Crippen LogP contribution in [-0.2, 0) is 0 Å². The number of pyridine rings is 1. The molecule has 0 fully saturated rings.